The van der Waals surface area contributed by atoms with Gasteiger partial charge in [-0.2, -0.15) is 4.98 Å². The van der Waals surface area contributed by atoms with E-state index in [2.05, 4.69) is 15.5 Å². The van der Waals surface area contributed by atoms with Gasteiger partial charge in [0.05, 0.1) is 0 Å². The Morgan fingerprint density at radius 3 is 2.93 bits per heavy atom. The Labute approximate surface area is 84.1 Å². The highest BCUT2D eigenvalue weighted by molar-refractivity contribution is 4.84. The van der Waals surface area contributed by atoms with E-state index in [1.165, 1.54) is 19.3 Å². The molecule has 0 unspecified atom stereocenters. The van der Waals surface area contributed by atoms with Gasteiger partial charge in [0.1, 0.15) is 0 Å². The van der Waals surface area contributed by atoms with Crippen LogP contribution in [0.5, 0.6) is 0 Å². The van der Waals surface area contributed by atoms with E-state index in [0.29, 0.717) is 5.89 Å². The van der Waals surface area contributed by atoms with Crippen molar-refractivity contribution in [3.8, 4) is 0 Å². The van der Waals surface area contributed by atoms with Crippen molar-refractivity contribution < 1.29 is 4.52 Å². The number of nitrogens with one attached hydrogen (secondary N) is 1. The summed E-state index contributed by atoms with van der Waals surface area (Å²) in [6.45, 7) is 3.89. The lowest BCUT2D eigenvalue weighted by atomic mass is 10.3. The third kappa shape index (κ3) is 3.10. The zero-order valence-corrected chi connectivity index (χ0v) is 8.62. The highest BCUT2D eigenvalue weighted by Crippen LogP contribution is 2.31. The van der Waals surface area contributed by atoms with Crippen LogP contribution >= 0.6 is 0 Å². The minimum atomic E-state index is 0.651. The molecule has 2 rings (SSSR count). The highest BCUT2D eigenvalue weighted by Gasteiger charge is 2.19. The highest BCUT2D eigenvalue weighted by atomic mass is 16.5. The molecule has 0 bridgehead atoms. The molecule has 1 aliphatic rings. The molecule has 0 atom stereocenters. The van der Waals surface area contributed by atoms with Gasteiger partial charge in [-0.25, -0.2) is 0 Å². The van der Waals surface area contributed by atoms with Crippen molar-refractivity contribution in [1.29, 1.82) is 0 Å². The molecule has 1 N–H and O–H groups in total. The smallest absolute Gasteiger partial charge is 0.223 e. The number of aryl methyl sites for hydroxylation is 1. The lowest BCUT2D eigenvalue weighted by molar-refractivity contribution is 0.387. The van der Waals surface area contributed by atoms with Gasteiger partial charge in [0.2, 0.25) is 5.89 Å². The maximum Gasteiger partial charge on any atom is 0.223 e. The van der Waals surface area contributed by atoms with Crippen molar-refractivity contribution in [3.05, 3.63) is 11.7 Å². The molecule has 4 heteroatoms. The Bertz CT molecular complexity index is 281. The molecule has 0 aromatic carbocycles. The third-order valence-corrected chi connectivity index (χ3v) is 2.52. The minimum Gasteiger partial charge on any atom is -0.340 e. The van der Waals surface area contributed by atoms with Crippen molar-refractivity contribution in [2.24, 2.45) is 5.92 Å². The summed E-state index contributed by atoms with van der Waals surface area (Å²) in [5.41, 5.74) is 0. The summed E-state index contributed by atoms with van der Waals surface area (Å²) in [5.74, 6) is 2.47. The van der Waals surface area contributed by atoms with Crippen LogP contribution in [-0.2, 0) is 6.42 Å². The van der Waals surface area contributed by atoms with E-state index in [1.54, 1.807) is 0 Å². The van der Waals surface area contributed by atoms with Crippen LogP contribution in [0.15, 0.2) is 4.52 Å². The molecule has 1 heterocycles. The van der Waals surface area contributed by atoms with E-state index < -0.39 is 0 Å². The molecule has 1 aromatic rings. The fraction of sp³-hybridized carbons (Fsp3) is 0.800. The average molecular weight is 195 g/mol. The predicted molar refractivity (Wildman–Crippen MR) is 52.9 cm³/mol. The van der Waals surface area contributed by atoms with Gasteiger partial charge in [0.25, 0.3) is 0 Å². The van der Waals surface area contributed by atoms with E-state index in [9.17, 15) is 0 Å². The van der Waals surface area contributed by atoms with E-state index in [0.717, 1.165) is 31.3 Å². The summed E-state index contributed by atoms with van der Waals surface area (Å²) in [4.78, 5) is 4.14. The molecule has 0 aliphatic heterocycles. The summed E-state index contributed by atoms with van der Waals surface area (Å²) in [7, 11) is 0. The normalized spacial score (nSPS) is 16.1. The van der Waals surface area contributed by atoms with Gasteiger partial charge >= 0.3 is 0 Å². The van der Waals surface area contributed by atoms with Crippen LogP contribution in [0.25, 0.3) is 0 Å². The SMILES string of the molecule is Cc1nc(CCNCCC2CC2)no1. The summed E-state index contributed by atoms with van der Waals surface area (Å²) >= 11 is 0. The third-order valence-electron chi connectivity index (χ3n) is 2.52. The minimum absolute atomic E-state index is 0.651. The number of rotatable bonds is 6. The van der Waals surface area contributed by atoms with Gasteiger partial charge in [0.15, 0.2) is 5.82 Å². The average Bonchev–Trinajstić information content (AvgIpc) is 2.89. The Balaban J connectivity index is 1.53. The van der Waals surface area contributed by atoms with Crippen LogP contribution in [0.4, 0.5) is 0 Å². The number of hydrogen-bond acceptors (Lipinski definition) is 4. The van der Waals surface area contributed by atoms with Crippen molar-refractivity contribution in [3.63, 3.8) is 0 Å². The van der Waals surface area contributed by atoms with Crippen LogP contribution < -0.4 is 5.32 Å². The van der Waals surface area contributed by atoms with Gasteiger partial charge in [-0.15, -0.1) is 0 Å². The summed E-state index contributed by atoms with van der Waals surface area (Å²) < 4.78 is 4.88. The molecule has 0 amide bonds. The van der Waals surface area contributed by atoms with Crippen molar-refractivity contribution in [2.75, 3.05) is 13.1 Å². The number of aromatic nitrogens is 2. The number of hydrogen-bond donors (Lipinski definition) is 1. The molecule has 14 heavy (non-hydrogen) atoms. The second kappa shape index (κ2) is 4.55. The van der Waals surface area contributed by atoms with Gasteiger partial charge in [-0.05, 0) is 18.9 Å². The first-order valence-corrected chi connectivity index (χ1v) is 5.34. The summed E-state index contributed by atoms with van der Waals surface area (Å²) in [6.07, 6.45) is 5.06. The zero-order valence-electron chi connectivity index (χ0n) is 8.62. The largest absolute Gasteiger partial charge is 0.340 e. The summed E-state index contributed by atoms with van der Waals surface area (Å²) in [6, 6.07) is 0. The Morgan fingerprint density at radius 2 is 2.29 bits per heavy atom. The zero-order chi connectivity index (χ0) is 9.80. The second-order valence-electron chi connectivity index (χ2n) is 3.96. The lowest BCUT2D eigenvalue weighted by Crippen LogP contribution is -2.19. The van der Waals surface area contributed by atoms with Crippen LogP contribution in [0, 0.1) is 12.8 Å². The Morgan fingerprint density at radius 1 is 1.43 bits per heavy atom. The summed E-state index contributed by atoms with van der Waals surface area (Å²) in [5, 5.41) is 7.23. The van der Waals surface area contributed by atoms with Gasteiger partial charge in [-0.1, -0.05) is 18.0 Å². The van der Waals surface area contributed by atoms with Crippen LogP contribution in [0.1, 0.15) is 31.0 Å². The molecule has 1 aliphatic carbocycles. The quantitative estimate of drug-likeness (QED) is 0.695. The van der Waals surface area contributed by atoms with Crippen molar-refractivity contribution in [1.82, 2.24) is 15.5 Å². The molecular weight excluding hydrogens is 178 g/mol. The molecule has 0 spiro atoms. The van der Waals surface area contributed by atoms with Crippen LogP contribution in [0.3, 0.4) is 0 Å². The maximum atomic E-state index is 4.88. The van der Waals surface area contributed by atoms with E-state index in [1.807, 2.05) is 6.92 Å². The molecule has 0 radical (unpaired) electrons. The second-order valence-corrected chi connectivity index (χ2v) is 3.96. The van der Waals surface area contributed by atoms with E-state index in [4.69, 9.17) is 4.52 Å². The fourth-order valence-corrected chi connectivity index (χ4v) is 1.48. The van der Waals surface area contributed by atoms with E-state index in [-0.39, 0.29) is 0 Å². The van der Waals surface area contributed by atoms with Crippen molar-refractivity contribution >= 4 is 0 Å². The monoisotopic (exact) mass is 195 g/mol. The van der Waals surface area contributed by atoms with Gasteiger partial charge in [-0.3, -0.25) is 0 Å². The molecule has 1 saturated carbocycles. The van der Waals surface area contributed by atoms with Gasteiger partial charge in [0, 0.05) is 19.9 Å². The lowest BCUT2D eigenvalue weighted by Gasteiger charge is -2.00. The first kappa shape index (κ1) is 9.65. The Hall–Kier alpha value is -0.900. The topological polar surface area (TPSA) is 51.0 Å². The molecule has 4 nitrogen and oxygen atoms in total. The molecule has 1 aromatic heterocycles. The number of nitrogens with zero attached hydrogens (tertiary/aromatic N) is 2. The van der Waals surface area contributed by atoms with Crippen LogP contribution in [-0.4, -0.2) is 23.2 Å². The predicted octanol–water partition coefficient (Wildman–Crippen LogP) is 1.31. The first-order chi connectivity index (χ1) is 6.84. The standard InChI is InChI=1S/C10H17N3O/c1-8-12-10(13-14-8)5-7-11-6-4-9-2-3-9/h9,11H,2-7H2,1H3. The first-order valence-electron chi connectivity index (χ1n) is 5.34. The van der Waals surface area contributed by atoms with Crippen molar-refractivity contribution in [2.45, 2.75) is 32.6 Å². The Kier molecular flexibility index (Phi) is 3.14. The maximum absolute atomic E-state index is 4.88. The molecule has 1 fully saturated rings. The molecular formula is C10H17N3O. The fourth-order valence-electron chi connectivity index (χ4n) is 1.48. The molecule has 0 saturated heterocycles. The van der Waals surface area contributed by atoms with Crippen LogP contribution in [0.2, 0.25) is 0 Å². The molecule has 78 valence electrons. The van der Waals surface area contributed by atoms with E-state index >= 15 is 0 Å². The van der Waals surface area contributed by atoms with Gasteiger partial charge < -0.3 is 9.84 Å².